The molecule has 1 aromatic heterocycles. The number of ketones is 1. The van der Waals surface area contributed by atoms with Crippen molar-refractivity contribution in [3.05, 3.63) is 45.4 Å². The molecule has 0 N–H and O–H groups in total. The number of aromatic nitrogens is 1. The van der Waals surface area contributed by atoms with Crippen LogP contribution in [0.4, 0.5) is 0 Å². The van der Waals surface area contributed by atoms with Crippen molar-refractivity contribution in [3.8, 4) is 5.75 Å². The Bertz CT molecular complexity index is 617. The number of thiazole rings is 1. The third-order valence-electron chi connectivity index (χ3n) is 2.79. The Kier molecular flexibility index (Phi) is 4.55. The van der Waals surface area contributed by atoms with E-state index < -0.39 is 0 Å². The van der Waals surface area contributed by atoms with Gasteiger partial charge in [0.25, 0.3) is 0 Å². The Labute approximate surface area is 123 Å². The topological polar surface area (TPSA) is 39.2 Å². The van der Waals surface area contributed by atoms with Crippen molar-refractivity contribution in [2.75, 3.05) is 0 Å². The van der Waals surface area contributed by atoms with Gasteiger partial charge in [-0.25, -0.2) is 4.98 Å². The van der Waals surface area contributed by atoms with Gasteiger partial charge in [0.05, 0.1) is 21.7 Å². The zero-order valence-electron chi connectivity index (χ0n) is 12.3. The average Bonchev–Trinajstić information content (AvgIpc) is 2.68. The molecule has 0 aliphatic rings. The molecule has 2 aromatic rings. The molecule has 1 heterocycles. The van der Waals surface area contributed by atoms with E-state index in [2.05, 4.69) is 4.98 Å². The number of benzene rings is 1. The molecule has 1 aromatic carbocycles. The van der Waals surface area contributed by atoms with Crippen molar-refractivity contribution in [3.63, 3.8) is 0 Å². The quantitative estimate of drug-likeness (QED) is 0.782. The largest absolute Gasteiger partial charge is 0.491 e. The molecular weight excluding hydrogens is 270 g/mol. The van der Waals surface area contributed by atoms with E-state index in [1.807, 2.05) is 52.0 Å². The molecule has 0 bridgehead atoms. The molecule has 0 aliphatic heterocycles. The lowest BCUT2D eigenvalue weighted by Gasteiger charge is -2.10. The van der Waals surface area contributed by atoms with Crippen LogP contribution in [-0.4, -0.2) is 16.9 Å². The minimum atomic E-state index is 0.120. The summed E-state index contributed by atoms with van der Waals surface area (Å²) >= 11 is 1.46. The van der Waals surface area contributed by atoms with Gasteiger partial charge in [-0.05, 0) is 45.4 Å². The van der Waals surface area contributed by atoms with Gasteiger partial charge in [0.2, 0.25) is 0 Å². The summed E-state index contributed by atoms with van der Waals surface area (Å²) < 4.78 is 5.65. The van der Waals surface area contributed by atoms with Crippen molar-refractivity contribution in [1.29, 1.82) is 0 Å². The summed E-state index contributed by atoms with van der Waals surface area (Å²) in [5, 5.41) is 0.933. The summed E-state index contributed by atoms with van der Waals surface area (Å²) in [7, 11) is 0. The second kappa shape index (κ2) is 6.18. The van der Waals surface area contributed by atoms with Gasteiger partial charge >= 0.3 is 0 Å². The van der Waals surface area contributed by atoms with Crippen LogP contribution in [0.3, 0.4) is 0 Å². The van der Waals surface area contributed by atoms with E-state index in [0.29, 0.717) is 6.42 Å². The summed E-state index contributed by atoms with van der Waals surface area (Å²) in [5.41, 5.74) is 1.80. The van der Waals surface area contributed by atoms with E-state index in [9.17, 15) is 4.79 Å². The maximum absolute atomic E-state index is 12.3. The summed E-state index contributed by atoms with van der Waals surface area (Å²) in [6.07, 6.45) is 0.518. The van der Waals surface area contributed by atoms with E-state index in [0.717, 1.165) is 26.9 Å². The van der Waals surface area contributed by atoms with E-state index in [1.165, 1.54) is 11.3 Å². The monoisotopic (exact) mass is 289 g/mol. The summed E-state index contributed by atoms with van der Waals surface area (Å²) in [4.78, 5) is 17.4. The molecule has 0 saturated heterocycles. The number of carbonyl (C=O) groups is 1. The van der Waals surface area contributed by atoms with Gasteiger partial charge in [-0.1, -0.05) is 12.1 Å². The molecule has 0 amide bonds. The van der Waals surface area contributed by atoms with Crippen LogP contribution < -0.4 is 4.74 Å². The second-order valence-corrected chi connectivity index (χ2v) is 6.26. The van der Waals surface area contributed by atoms with Crippen LogP contribution in [0.5, 0.6) is 5.75 Å². The Morgan fingerprint density at radius 3 is 2.70 bits per heavy atom. The molecule has 0 unspecified atom stereocenters. The highest BCUT2D eigenvalue weighted by atomic mass is 32.1. The lowest BCUT2D eigenvalue weighted by Crippen LogP contribution is -2.07. The molecule has 0 spiro atoms. The lowest BCUT2D eigenvalue weighted by molar-refractivity contribution is 0.0996. The molecule has 106 valence electrons. The first kappa shape index (κ1) is 14.7. The summed E-state index contributed by atoms with van der Waals surface area (Å²) in [5.74, 6) is 0.928. The number of aryl methyl sites for hydroxylation is 2. The van der Waals surface area contributed by atoms with Gasteiger partial charge in [0.1, 0.15) is 5.75 Å². The maximum Gasteiger partial charge on any atom is 0.179 e. The smallest absolute Gasteiger partial charge is 0.179 e. The number of carbonyl (C=O) groups excluding carboxylic acids is 1. The third-order valence-corrected chi connectivity index (χ3v) is 3.91. The van der Waals surface area contributed by atoms with Crippen molar-refractivity contribution in [2.24, 2.45) is 0 Å². The van der Waals surface area contributed by atoms with Gasteiger partial charge < -0.3 is 4.74 Å². The number of nitrogens with zero attached hydrogens (tertiary/aromatic N) is 1. The van der Waals surface area contributed by atoms with Gasteiger partial charge in [0.15, 0.2) is 5.78 Å². The molecule has 0 atom stereocenters. The third kappa shape index (κ3) is 3.67. The highest BCUT2D eigenvalue weighted by Gasteiger charge is 2.14. The summed E-state index contributed by atoms with van der Waals surface area (Å²) in [6.45, 7) is 7.78. The first-order chi connectivity index (χ1) is 9.45. The Morgan fingerprint density at radius 1 is 1.35 bits per heavy atom. The Balaban J connectivity index is 2.13. The van der Waals surface area contributed by atoms with Crippen LogP contribution in [-0.2, 0) is 6.42 Å². The Hall–Kier alpha value is -1.68. The molecule has 0 saturated carbocycles. The molecule has 0 aliphatic carbocycles. The SMILES string of the molecule is Cc1nc(C)c(C(=O)Cc2cccc(OC(C)C)c2)s1. The molecule has 20 heavy (non-hydrogen) atoms. The standard InChI is InChI=1S/C16H19NO2S/c1-10(2)19-14-7-5-6-13(8-14)9-15(18)16-11(3)17-12(4)20-16/h5-8,10H,9H2,1-4H3. The van der Waals surface area contributed by atoms with Crippen molar-refractivity contribution < 1.29 is 9.53 Å². The average molecular weight is 289 g/mol. The molecule has 2 rings (SSSR count). The maximum atomic E-state index is 12.3. The molecule has 0 fully saturated rings. The predicted molar refractivity (Wildman–Crippen MR) is 81.8 cm³/mol. The molecular formula is C16H19NO2S. The fourth-order valence-electron chi connectivity index (χ4n) is 2.06. The van der Waals surface area contributed by atoms with Crippen LogP contribution in [0.2, 0.25) is 0 Å². The van der Waals surface area contributed by atoms with Gasteiger partial charge in [-0.3, -0.25) is 4.79 Å². The van der Waals surface area contributed by atoms with Crippen LogP contribution in [0.15, 0.2) is 24.3 Å². The number of Topliss-reactive ketones (excluding diaryl/α,β-unsaturated/α-hetero) is 1. The number of rotatable bonds is 5. The first-order valence-corrected chi connectivity index (χ1v) is 7.50. The zero-order valence-corrected chi connectivity index (χ0v) is 13.1. The van der Waals surface area contributed by atoms with Crippen LogP contribution in [0.25, 0.3) is 0 Å². The summed E-state index contributed by atoms with van der Waals surface area (Å²) in [6, 6.07) is 7.72. The van der Waals surface area contributed by atoms with Crippen molar-refractivity contribution >= 4 is 17.1 Å². The van der Waals surface area contributed by atoms with Crippen molar-refractivity contribution in [1.82, 2.24) is 4.98 Å². The highest BCUT2D eigenvalue weighted by molar-refractivity contribution is 7.13. The highest BCUT2D eigenvalue weighted by Crippen LogP contribution is 2.21. The Morgan fingerprint density at radius 2 is 2.10 bits per heavy atom. The molecule has 0 radical (unpaired) electrons. The van der Waals surface area contributed by atoms with Gasteiger partial charge in [-0.15, -0.1) is 11.3 Å². The normalized spacial score (nSPS) is 10.8. The van der Waals surface area contributed by atoms with Gasteiger partial charge in [0, 0.05) is 6.42 Å². The van der Waals surface area contributed by atoms with Gasteiger partial charge in [-0.2, -0.15) is 0 Å². The number of ether oxygens (including phenoxy) is 1. The molecule has 3 nitrogen and oxygen atoms in total. The number of hydrogen-bond donors (Lipinski definition) is 0. The zero-order chi connectivity index (χ0) is 14.7. The van der Waals surface area contributed by atoms with E-state index in [4.69, 9.17) is 4.74 Å². The minimum absolute atomic E-state index is 0.120. The fourth-order valence-corrected chi connectivity index (χ4v) is 2.91. The van der Waals surface area contributed by atoms with E-state index in [1.54, 1.807) is 0 Å². The lowest BCUT2D eigenvalue weighted by atomic mass is 10.1. The van der Waals surface area contributed by atoms with Crippen molar-refractivity contribution in [2.45, 2.75) is 40.2 Å². The first-order valence-electron chi connectivity index (χ1n) is 6.68. The van der Waals surface area contributed by atoms with E-state index in [-0.39, 0.29) is 11.9 Å². The second-order valence-electron chi connectivity index (χ2n) is 5.06. The fraction of sp³-hybridized carbons (Fsp3) is 0.375. The predicted octanol–water partition coefficient (Wildman–Crippen LogP) is 3.97. The van der Waals surface area contributed by atoms with Crippen LogP contribution in [0, 0.1) is 13.8 Å². The van der Waals surface area contributed by atoms with Crippen LogP contribution in [0.1, 0.15) is 39.8 Å². The van der Waals surface area contributed by atoms with E-state index >= 15 is 0 Å². The molecule has 4 heteroatoms. The number of hydrogen-bond acceptors (Lipinski definition) is 4. The minimum Gasteiger partial charge on any atom is -0.491 e. The van der Waals surface area contributed by atoms with Crippen LogP contribution >= 0.6 is 11.3 Å².